The second-order valence-electron chi connectivity index (χ2n) is 8.62. The summed E-state index contributed by atoms with van der Waals surface area (Å²) in [5, 5.41) is 5.44. The van der Waals surface area contributed by atoms with Crippen molar-refractivity contribution in [2.75, 3.05) is 14.2 Å². The summed E-state index contributed by atoms with van der Waals surface area (Å²) < 4.78 is 10.7. The van der Waals surface area contributed by atoms with Crippen LogP contribution in [0.1, 0.15) is 5.56 Å². The van der Waals surface area contributed by atoms with Crippen molar-refractivity contribution in [3.63, 3.8) is 0 Å². The molecule has 4 nitrogen and oxygen atoms in total. The Labute approximate surface area is 219 Å². The molecule has 6 rings (SSSR count). The standard InChI is InChI=1S/C32H24N2O2S/c1-35-25-15-11-21(12-16-25)30-31(22-13-17-26(36-2)18-14-22)37-32(34-30)33-20-29-27-9-5-3-7-23(27)19-24-8-4-6-10-28(24)29/h3-20H,1-2H3. The highest BCUT2D eigenvalue weighted by Crippen LogP contribution is 2.41. The maximum absolute atomic E-state index is 5.36. The van der Waals surface area contributed by atoms with Crippen LogP contribution in [0.15, 0.2) is 108 Å². The molecule has 0 aliphatic rings. The summed E-state index contributed by atoms with van der Waals surface area (Å²) in [5.74, 6) is 1.63. The number of aromatic nitrogens is 1. The Morgan fingerprint density at radius 2 is 1.22 bits per heavy atom. The van der Waals surface area contributed by atoms with Crippen LogP contribution in [0.2, 0.25) is 0 Å². The van der Waals surface area contributed by atoms with Crippen LogP contribution >= 0.6 is 11.3 Å². The topological polar surface area (TPSA) is 43.7 Å². The van der Waals surface area contributed by atoms with Crippen molar-refractivity contribution in [2.45, 2.75) is 0 Å². The van der Waals surface area contributed by atoms with E-state index in [0.29, 0.717) is 5.13 Å². The number of hydrogen-bond donors (Lipinski definition) is 0. The Kier molecular flexibility index (Phi) is 6.13. The van der Waals surface area contributed by atoms with Crippen molar-refractivity contribution < 1.29 is 9.47 Å². The minimum absolute atomic E-state index is 0.702. The van der Waals surface area contributed by atoms with E-state index in [4.69, 9.17) is 19.5 Å². The van der Waals surface area contributed by atoms with Gasteiger partial charge in [-0.1, -0.05) is 59.9 Å². The molecule has 0 saturated heterocycles. The van der Waals surface area contributed by atoms with Gasteiger partial charge in [0, 0.05) is 17.3 Å². The lowest BCUT2D eigenvalue weighted by Crippen LogP contribution is -1.88. The van der Waals surface area contributed by atoms with Crippen molar-refractivity contribution >= 4 is 44.2 Å². The molecule has 5 aromatic carbocycles. The summed E-state index contributed by atoms with van der Waals surface area (Å²) in [6, 6.07) is 35.1. The van der Waals surface area contributed by atoms with Crippen molar-refractivity contribution in [3.05, 3.63) is 109 Å². The number of nitrogens with zero attached hydrogens (tertiary/aromatic N) is 2. The molecule has 37 heavy (non-hydrogen) atoms. The number of benzene rings is 5. The highest BCUT2D eigenvalue weighted by atomic mass is 32.1. The van der Waals surface area contributed by atoms with Crippen LogP contribution in [0, 0.1) is 0 Å². The number of ether oxygens (including phenoxy) is 2. The third-order valence-electron chi connectivity index (χ3n) is 6.45. The van der Waals surface area contributed by atoms with Crippen LogP contribution in [-0.4, -0.2) is 25.4 Å². The Bertz CT molecular complexity index is 1620. The van der Waals surface area contributed by atoms with Gasteiger partial charge in [0.15, 0.2) is 0 Å². The normalized spacial score (nSPS) is 11.4. The van der Waals surface area contributed by atoms with E-state index in [1.165, 1.54) is 21.5 Å². The second kappa shape index (κ2) is 9.88. The zero-order valence-corrected chi connectivity index (χ0v) is 21.3. The van der Waals surface area contributed by atoms with Gasteiger partial charge >= 0.3 is 0 Å². The van der Waals surface area contributed by atoms with E-state index < -0.39 is 0 Å². The van der Waals surface area contributed by atoms with Crippen LogP contribution in [0.4, 0.5) is 5.13 Å². The fraction of sp³-hybridized carbons (Fsp3) is 0.0625. The third kappa shape index (κ3) is 4.46. The van der Waals surface area contributed by atoms with Gasteiger partial charge < -0.3 is 9.47 Å². The minimum Gasteiger partial charge on any atom is -0.497 e. The number of aliphatic imine (C=N–C) groups is 1. The molecule has 0 aliphatic carbocycles. The predicted octanol–water partition coefficient (Wildman–Crippen LogP) is 8.55. The molecule has 5 heteroatoms. The maximum Gasteiger partial charge on any atom is 0.210 e. The zero-order chi connectivity index (χ0) is 25.2. The van der Waals surface area contributed by atoms with Crippen molar-refractivity contribution in [1.29, 1.82) is 0 Å². The van der Waals surface area contributed by atoms with E-state index in [1.54, 1.807) is 25.6 Å². The molecule has 1 aromatic heterocycles. The van der Waals surface area contributed by atoms with Crippen LogP contribution in [0.25, 0.3) is 43.2 Å². The smallest absolute Gasteiger partial charge is 0.210 e. The first-order chi connectivity index (χ1) is 18.2. The molecule has 0 N–H and O–H groups in total. The monoisotopic (exact) mass is 500 g/mol. The maximum atomic E-state index is 5.36. The van der Waals surface area contributed by atoms with E-state index in [9.17, 15) is 0 Å². The third-order valence-corrected chi connectivity index (χ3v) is 7.46. The van der Waals surface area contributed by atoms with Gasteiger partial charge in [0.25, 0.3) is 0 Å². The van der Waals surface area contributed by atoms with Crippen LogP contribution < -0.4 is 9.47 Å². The van der Waals surface area contributed by atoms with Crippen LogP contribution in [-0.2, 0) is 0 Å². The van der Waals surface area contributed by atoms with E-state index in [1.807, 2.05) is 42.6 Å². The average molecular weight is 501 g/mol. The Hall–Kier alpha value is -4.48. The van der Waals surface area contributed by atoms with Crippen molar-refractivity contribution in [1.82, 2.24) is 4.98 Å². The molecule has 180 valence electrons. The first-order valence-electron chi connectivity index (χ1n) is 12.0. The molecule has 1 heterocycles. The van der Waals surface area contributed by atoms with Crippen LogP contribution in [0.5, 0.6) is 11.5 Å². The average Bonchev–Trinajstić information content (AvgIpc) is 3.39. The van der Waals surface area contributed by atoms with Gasteiger partial charge in [0.1, 0.15) is 11.5 Å². The molecule has 0 fully saturated rings. The lowest BCUT2D eigenvalue weighted by atomic mass is 9.97. The molecule has 0 aliphatic heterocycles. The predicted molar refractivity (Wildman–Crippen MR) is 155 cm³/mol. The second-order valence-corrected chi connectivity index (χ2v) is 9.60. The van der Waals surface area contributed by atoms with Crippen molar-refractivity contribution in [3.8, 4) is 33.2 Å². The Morgan fingerprint density at radius 1 is 0.676 bits per heavy atom. The molecular formula is C32H24N2O2S. The number of methoxy groups -OCH3 is 2. The van der Waals surface area contributed by atoms with Crippen LogP contribution in [0.3, 0.4) is 0 Å². The Balaban J connectivity index is 1.48. The van der Waals surface area contributed by atoms with E-state index in [0.717, 1.165) is 38.8 Å². The van der Waals surface area contributed by atoms with Gasteiger partial charge in [-0.05, 0) is 81.7 Å². The fourth-order valence-corrected chi connectivity index (χ4v) is 5.49. The van der Waals surface area contributed by atoms with E-state index in [-0.39, 0.29) is 0 Å². The molecule has 6 aromatic rings. The zero-order valence-electron chi connectivity index (χ0n) is 20.5. The molecule has 0 unspecified atom stereocenters. The molecular weight excluding hydrogens is 476 g/mol. The van der Waals surface area contributed by atoms with Gasteiger partial charge in [0.2, 0.25) is 5.13 Å². The fourth-order valence-electron chi connectivity index (χ4n) is 4.55. The molecule has 0 radical (unpaired) electrons. The SMILES string of the molecule is COc1ccc(-c2nc(N=Cc3c4ccccc4cc4ccccc34)sc2-c2ccc(OC)cc2)cc1. The van der Waals surface area contributed by atoms with E-state index >= 15 is 0 Å². The minimum atomic E-state index is 0.702. The molecule has 0 bridgehead atoms. The number of hydrogen-bond acceptors (Lipinski definition) is 5. The first kappa shape index (κ1) is 23.0. The lowest BCUT2D eigenvalue weighted by Gasteiger charge is -2.07. The summed E-state index contributed by atoms with van der Waals surface area (Å²) in [7, 11) is 3.35. The lowest BCUT2D eigenvalue weighted by molar-refractivity contribution is 0.414. The van der Waals surface area contributed by atoms with Gasteiger partial charge in [0.05, 0.1) is 24.8 Å². The number of rotatable bonds is 6. The summed E-state index contributed by atoms with van der Waals surface area (Å²) in [6.45, 7) is 0. The number of fused-ring (bicyclic) bond motifs is 2. The Morgan fingerprint density at radius 3 is 1.78 bits per heavy atom. The largest absolute Gasteiger partial charge is 0.497 e. The highest BCUT2D eigenvalue weighted by Gasteiger charge is 2.15. The number of thiazole rings is 1. The summed E-state index contributed by atoms with van der Waals surface area (Å²) >= 11 is 1.58. The summed E-state index contributed by atoms with van der Waals surface area (Å²) in [5.41, 5.74) is 4.08. The molecule has 0 spiro atoms. The van der Waals surface area contributed by atoms with Gasteiger partial charge in [-0.15, -0.1) is 0 Å². The quantitative estimate of drug-likeness (QED) is 0.170. The van der Waals surface area contributed by atoms with Gasteiger partial charge in [-0.25, -0.2) is 9.98 Å². The van der Waals surface area contributed by atoms with E-state index in [2.05, 4.69) is 66.7 Å². The highest BCUT2D eigenvalue weighted by molar-refractivity contribution is 7.19. The van der Waals surface area contributed by atoms with Gasteiger partial charge in [-0.2, -0.15) is 0 Å². The molecule has 0 amide bonds. The van der Waals surface area contributed by atoms with Gasteiger partial charge in [-0.3, -0.25) is 0 Å². The molecule has 0 saturated carbocycles. The summed E-state index contributed by atoms with van der Waals surface area (Å²) in [6.07, 6.45) is 1.96. The summed E-state index contributed by atoms with van der Waals surface area (Å²) in [4.78, 5) is 10.9. The first-order valence-corrected chi connectivity index (χ1v) is 12.8. The molecule has 0 atom stereocenters. The van der Waals surface area contributed by atoms with Crippen molar-refractivity contribution in [2.24, 2.45) is 4.99 Å².